The van der Waals surface area contributed by atoms with Gasteiger partial charge in [0.1, 0.15) is 0 Å². The number of nitrogens with one attached hydrogen (secondary N) is 1. The molecule has 116 valence electrons. The van der Waals surface area contributed by atoms with Crippen molar-refractivity contribution in [1.82, 2.24) is 0 Å². The van der Waals surface area contributed by atoms with Gasteiger partial charge in [-0.3, -0.25) is 0 Å². The predicted octanol–water partition coefficient (Wildman–Crippen LogP) is 5.17. The van der Waals surface area contributed by atoms with E-state index in [-0.39, 0.29) is 10.1 Å². The Morgan fingerprint density at radius 1 is 1.09 bits per heavy atom. The Labute approximate surface area is 139 Å². The molecule has 0 atom stereocenters. The molecule has 0 bridgehead atoms. The van der Waals surface area contributed by atoms with E-state index in [1.54, 1.807) is 30.3 Å². The quantitative estimate of drug-likeness (QED) is 0.739. The van der Waals surface area contributed by atoms with Crippen LogP contribution in [0.4, 0.5) is 18.9 Å². The van der Waals surface area contributed by atoms with E-state index in [2.05, 4.69) is 5.32 Å². The number of rotatable bonds is 3. The lowest BCUT2D eigenvalue weighted by atomic mass is 10.2. The number of thiocarbonyl (C=S) groups is 1. The zero-order chi connectivity index (χ0) is 16.3. The average molecular weight is 363 g/mol. The molecule has 0 fully saturated rings. The highest BCUT2D eigenvalue weighted by Gasteiger charge is 2.33. The third-order valence-corrected chi connectivity index (χ3v) is 4.03. The molecule has 2 aromatic rings. The maximum absolute atomic E-state index is 12.8. The molecule has 0 unspecified atom stereocenters. The van der Waals surface area contributed by atoms with Crippen LogP contribution in [0.25, 0.3) is 0 Å². The van der Waals surface area contributed by atoms with E-state index in [1.165, 1.54) is 17.8 Å². The molecule has 2 rings (SSSR count). The first-order valence-electron chi connectivity index (χ1n) is 5.97. The summed E-state index contributed by atoms with van der Waals surface area (Å²) in [5.41, 5.74) is 5.22. The van der Waals surface area contributed by atoms with Crippen molar-refractivity contribution in [3.8, 4) is 0 Å². The molecule has 0 spiro atoms. The van der Waals surface area contributed by atoms with Crippen molar-refractivity contribution in [2.45, 2.75) is 16.0 Å². The Balaban J connectivity index is 2.19. The average Bonchev–Trinajstić information content (AvgIpc) is 2.41. The summed E-state index contributed by atoms with van der Waals surface area (Å²) in [6.45, 7) is 0. The lowest BCUT2D eigenvalue weighted by Gasteiger charge is -2.11. The lowest BCUT2D eigenvalue weighted by molar-refractivity contribution is -0.137. The second kappa shape index (κ2) is 6.76. The van der Waals surface area contributed by atoms with E-state index >= 15 is 0 Å². The van der Waals surface area contributed by atoms with E-state index in [9.17, 15) is 13.2 Å². The highest BCUT2D eigenvalue weighted by Crippen LogP contribution is 2.38. The fourth-order valence-corrected chi connectivity index (χ4v) is 2.87. The SMILES string of the molecule is NC(=S)Nc1ccc(Sc2ccc(Cl)c(C(F)(F)F)c2)cc1. The molecule has 8 heteroatoms. The van der Waals surface area contributed by atoms with Gasteiger partial charge in [0.05, 0.1) is 10.6 Å². The number of halogens is 4. The minimum atomic E-state index is -4.47. The van der Waals surface area contributed by atoms with Crippen LogP contribution in [0.2, 0.25) is 5.02 Å². The fraction of sp³-hybridized carbons (Fsp3) is 0.0714. The molecule has 22 heavy (non-hydrogen) atoms. The fourth-order valence-electron chi connectivity index (χ4n) is 1.67. The van der Waals surface area contributed by atoms with Gasteiger partial charge in [-0.1, -0.05) is 23.4 Å². The van der Waals surface area contributed by atoms with Crippen molar-refractivity contribution >= 4 is 46.4 Å². The molecule has 0 saturated carbocycles. The highest BCUT2D eigenvalue weighted by atomic mass is 35.5. The van der Waals surface area contributed by atoms with Gasteiger partial charge in [0.15, 0.2) is 5.11 Å². The Hall–Kier alpha value is -1.44. The molecular formula is C14H10ClF3N2S2. The summed E-state index contributed by atoms with van der Waals surface area (Å²) in [5, 5.41) is 2.60. The second-order valence-corrected chi connectivity index (χ2v) is 6.25. The molecule has 0 aliphatic rings. The van der Waals surface area contributed by atoms with Gasteiger partial charge < -0.3 is 11.1 Å². The monoisotopic (exact) mass is 362 g/mol. The number of nitrogens with two attached hydrogens (primary N) is 1. The molecule has 0 amide bonds. The van der Waals surface area contributed by atoms with Crippen LogP contribution >= 0.6 is 35.6 Å². The Bertz CT molecular complexity index is 687. The van der Waals surface area contributed by atoms with Gasteiger partial charge in [-0.25, -0.2) is 0 Å². The van der Waals surface area contributed by atoms with Gasteiger partial charge in [-0.2, -0.15) is 13.2 Å². The van der Waals surface area contributed by atoms with Crippen molar-refractivity contribution < 1.29 is 13.2 Å². The summed E-state index contributed by atoms with van der Waals surface area (Å²) in [7, 11) is 0. The summed E-state index contributed by atoms with van der Waals surface area (Å²) in [6.07, 6.45) is -4.47. The number of hydrogen-bond donors (Lipinski definition) is 2. The lowest BCUT2D eigenvalue weighted by Crippen LogP contribution is -2.18. The Morgan fingerprint density at radius 2 is 1.68 bits per heavy atom. The number of hydrogen-bond acceptors (Lipinski definition) is 2. The number of alkyl halides is 3. The molecule has 2 nitrogen and oxygen atoms in total. The first-order valence-corrected chi connectivity index (χ1v) is 7.57. The van der Waals surface area contributed by atoms with E-state index in [1.807, 2.05) is 0 Å². The van der Waals surface area contributed by atoms with Crippen molar-refractivity contribution in [2.75, 3.05) is 5.32 Å². The first-order chi connectivity index (χ1) is 10.3. The summed E-state index contributed by atoms with van der Waals surface area (Å²) in [5.74, 6) is 0. The molecule has 0 radical (unpaired) electrons. The molecule has 2 aromatic carbocycles. The predicted molar refractivity (Wildman–Crippen MR) is 87.4 cm³/mol. The maximum atomic E-state index is 12.8. The van der Waals surface area contributed by atoms with Gasteiger partial charge >= 0.3 is 6.18 Å². The van der Waals surface area contributed by atoms with Crippen LogP contribution < -0.4 is 11.1 Å². The van der Waals surface area contributed by atoms with Gasteiger partial charge in [-0.15, -0.1) is 0 Å². The van der Waals surface area contributed by atoms with Crippen molar-refractivity contribution in [3.63, 3.8) is 0 Å². The van der Waals surface area contributed by atoms with Crippen LogP contribution in [0, 0.1) is 0 Å². The normalized spacial score (nSPS) is 11.3. The van der Waals surface area contributed by atoms with Crippen molar-refractivity contribution in [1.29, 1.82) is 0 Å². The van der Waals surface area contributed by atoms with Gasteiger partial charge in [0, 0.05) is 15.5 Å². The van der Waals surface area contributed by atoms with Gasteiger partial charge in [-0.05, 0) is 54.7 Å². The zero-order valence-electron chi connectivity index (χ0n) is 10.9. The van der Waals surface area contributed by atoms with E-state index < -0.39 is 11.7 Å². The summed E-state index contributed by atoms with van der Waals surface area (Å²) in [4.78, 5) is 1.23. The van der Waals surface area contributed by atoms with Crippen LogP contribution in [-0.4, -0.2) is 5.11 Å². The second-order valence-electron chi connectivity index (χ2n) is 4.26. The Kier molecular flexibility index (Phi) is 5.20. The van der Waals surface area contributed by atoms with Crippen LogP contribution in [0.15, 0.2) is 52.3 Å². The first kappa shape index (κ1) is 16.9. The standard InChI is InChI=1S/C14H10ClF3N2S2/c15-12-6-5-10(7-11(12)14(16,17)18)22-9-3-1-8(2-4-9)20-13(19)21/h1-7H,(H3,19,20,21). The zero-order valence-corrected chi connectivity index (χ0v) is 13.3. The highest BCUT2D eigenvalue weighted by molar-refractivity contribution is 7.99. The molecule has 0 aromatic heterocycles. The minimum Gasteiger partial charge on any atom is -0.376 e. The van der Waals surface area contributed by atoms with Gasteiger partial charge in [0.2, 0.25) is 0 Å². The molecule has 3 N–H and O–H groups in total. The molecule has 0 aliphatic carbocycles. The van der Waals surface area contributed by atoms with Crippen LogP contribution in [0.5, 0.6) is 0 Å². The van der Waals surface area contributed by atoms with Crippen LogP contribution in [0.3, 0.4) is 0 Å². The van der Waals surface area contributed by atoms with Crippen LogP contribution in [-0.2, 0) is 6.18 Å². The summed E-state index contributed by atoms with van der Waals surface area (Å²) >= 11 is 11.5. The smallest absolute Gasteiger partial charge is 0.376 e. The van der Waals surface area contributed by atoms with Crippen molar-refractivity contribution in [3.05, 3.63) is 53.1 Å². The minimum absolute atomic E-state index is 0.146. The summed E-state index contributed by atoms with van der Waals surface area (Å²) < 4.78 is 38.4. The topological polar surface area (TPSA) is 38.0 Å². The molecule has 0 heterocycles. The van der Waals surface area contributed by atoms with E-state index in [0.717, 1.165) is 11.0 Å². The van der Waals surface area contributed by atoms with Gasteiger partial charge in [0.25, 0.3) is 0 Å². The number of benzene rings is 2. The molecular weight excluding hydrogens is 353 g/mol. The third-order valence-electron chi connectivity index (χ3n) is 2.60. The molecule has 0 aliphatic heterocycles. The van der Waals surface area contributed by atoms with Crippen molar-refractivity contribution in [2.24, 2.45) is 5.73 Å². The third kappa shape index (κ3) is 4.53. The van der Waals surface area contributed by atoms with E-state index in [4.69, 9.17) is 29.6 Å². The largest absolute Gasteiger partial charge is 0.417 e. The number of anilines is 1. The maximum Gasteiger partial charge on any atom is 0.417 e. The van der Waals surface area contributed by atoms with E-state index in [0.29, 0.717) is 10.6 Å². The Morgan fingerprint density at radius 3 is 2.23 bits per heavy atom. The molecule has 0 saturated heterocycles. The summed E-state index contributed by atoms with van der Waals surface area (Å²) in [6, 6.07) is 10.8. The van der Waals surface area contributed by atoms with Crippen LogP contribution in [0.1, 0.15) is 5.56 Å².